The van der Waals surface area contributed by atoms with E-state index in [0.717, 1.165) is 0 Å². The zero-order valence-electron chi connectivity index (χ0n) is 16.2. The second-order valence-electron chi connectivity index (χ2n) is 6.55. The van der Waals surface area contributed by atoms with Crippen LogP contribution in [-0.2, 0) is 4.79 Å². The van der Waals surface area contributed by atoms with Crippen LogP contribution in [0.1, 0.15) is 43.8 Å². The highest BCUT2D eigenvalue weighted by molar-refractivity contribution is 6.07. The molecule has 0 aliphatic rings. The Labute approximate surface area is 166 Å². The van der Waals surface area contributed by atoms with Gasteiger partial charge >= 0.3 is 5.97 Å². The maximum Gasteiger partial charge on any atom is 0.305 e. The van der Waals surface area contributed by atoms with E-state index < -0.39 is 22.7 Å². The molecular weight excluding hydrogens is 378 g/mol. The van der Waals surface area contributed by atoms with Crippen molar-refractivity contribution in [2.75, 3.05) is 11.9 Å². The quantitative estimate of drug-likeness (QED) is 0.483. The monoisotopic (exact) mass is 399 g/mol. The SMILES string of the molecule is Cc1cc(C)c([N+](=O)[O-])c(C)c1C(=O)Nc1ccc(C(=O)NCCC(=O)O)cc1. The number of amides is 2. The minimum atomic E-state index is -1.01. The maximum atomic E-state index is 12.7. The number of benzene rings is 2. The summed E-state index contributed by atoms with van der Waals surface area (Å²) in [6, 6.07) is 7.63. The minimum absolute atomic E-state index is 0.0113. The molecule has 152 valence electrons. The highest BCUT2D eigenvalue weighted by Gasteiger charge is 2.23. The molecule has 29 heavy (non-hydrogen) atoms. The molecule has 0 aromatic heterocycles. The molecule has 0 bridgehead atoms. The second-order valence-corrected chi connectivity index (χ2v) is 6.55. The Kier molecular flexibility index (Phi) is 6.66. The lowest BCUT2D eigenvalue weighted by atomic mass is 9.96. The Morgan fingerprint density at radius 2 is 1.66 bits per heavy atom. The first-order valence-electron chi connectivity index (χ1n) is 8.78. The Morgan fingerprint density at radius 1 is 1.03 bits per heavy atom. The summed E-state index contributed by atoms with van der Waals surface area (Å²) < 4.78 is 0. The number of nitrogens with zero attached hydrogens (tertiary/aromatic N) is 1. The van der Waals surface area contributed by atoms with Gasteiger partial charge in [0, 0.05) is 28.9 Å². The van der Waals surface area contributed by atoms with Gasteiger partial charge in [0.05, 0.1) is 16.9 Å². The van der Waals surface area contributed by atoms with E-state index in [1.54, 1.807) is 19.9 Å². The van der Waals surface area contributed by atoms with Crippen molar-refractivity contribution in [3.63, 3.8) is 0 Å². The number of nitrogens with one attached hydrogen (secondary N) is 2. The molecule has 9 heteroatoms. The fraction of sp³-hybridized carbons (Fsp3) is 0.250. The summed E-state index contributed by atoms with van der Waals surface area (Å²) in [5.41, 5.74) is 2.27. The number of aryl methyl sites for hydroxylation is 2. The van der Waals surface area contributed by atoms with E-state index in [0.29, 0.717) is 27.9 Å². The topological polar surface area (TPSA) is 139 Å². The molecule has 2 rings (SSSR count). The number of hydrogen-bond donors (Lipinski definition) is 3. The number of anilines is 1. The molecule has 0 aliphatic heterocycles. The number of aliphatic carboxylic acids is 1. The van der Waals surface area contributed by atoms with E-state index in [4.69, 9.17) is 5.11 Å². The number of nitro benzene ring substituents is 1. The summed E-state index contributed by atoms with van der Waals surface area (Å²) in [7, 11) is 0. The predicted octanol–water partition coefficient (Wildman–Crippen LogP) is 2.98. The average Bonchev–Trinajstić information content (AvgIpc) is 2.61. The van der Waals surface area contributed by atoms with Gasteiger partial charge in [-0.2, -0.15) is 0 Å². The molecule has 2 aromatic rings. The number of carboxylic acids is 1. The van der Waals surface area contributed by atoms with Crippen molar-refractivity contribution >= 4 is 29.2 Å². The van der Waals surface area contributed by atoms with Crippen LogP contribution in [0.25, 0.3) is 0 Å². The van der Waals surface area contributed by atoms with Crippen LogP contribution < -0.4 is 10.6 Å². The molecule has 2 amide bonds. The van der Waals surface area contributed by atoms with Crippen LogP contribution in [-0.4, -0.2) is 34.4 Å². The Morgan fingerprint density at radius 3 is 2.21 bits per heavy atom. The van der Waals surface area contributed by atoms with Crippen LogP contribution in [0, 0.1) is 30.9 Å². The molecule has 2 aromatic carbocycles. The van der Waals surface area contributed by atoms with E-state index in [2.05, 4.69) is 10.6 Å². The lowest BCUT2D eigenvalue weighted by Crippen LogP contribution is -2.26. The van der Waals surface area contributed by atoms with E-state index in [9.17, 15) is 24.5 Å². The molecule has 0 unspecified atom stereocenters. The van der Waals surface area contributed by atoms with E-state index in [1.165, 1.54) is 31.2 Å². The first-order chi connectivity index (χ1) is 13.6. The smallest absolute Gasteiger partial charge is 0.305 e. The van der Waals surface area contributed by atoms with Crippen molar-refractivity contribution < 1.29 is 24.4 Å². The van der Waals surface area contributed by atoms with Crippen molar-refractivity contribution in [3.05, 3.63) is 68.3 Å². The third kappa shape index (κ3) is 5.16. The lowest BCUT2D eigenvalue weighted by molar-refractivity contribution is -0.386. The van der Waals surface area contributed by atoms with Gasteiger partial charge in [0.25, 0.3) is 17.5 Å². The fourth-order valence-electron chi connectivity index (χ4n) is 3.09. The van der Waals surface area contributed by atoms with Crippen LogP contribution in [0.4, 0.5) is 11.4 Å². The molecule has 0 spiro atoms. The molecule has 0 heterocycles. The normalized spacial score (nSPS) is 10.3. The van der Waals surface area contributed by atoms with Crippen LogP contribution in [0.3, 0.4) is 0 Å². The predicted molar refractivity (Wildman–Crippen MR) is 106 cm³/mol. The first kappa shape index (κ1) is 21.5. The van der Waals surface area contributed by atoms with Gasteiger partial charge in [-0.3, -0.25) is 24.5 Å². The Hall–Kier alpha value is -3.75. The summed E-state index contributed by atoms with van der Waals surface area (Å²) in [6.45, 7) is 4.89. The number of rotatable bonds is 7. The van der Waals surface area contributed by atoms with Crippen LogP contribution in [0.5, 0.6) is 0 Å². The van der Waals surface area contributed by atoms with Crippen LogP contribution in [0.2, 0.25) is 0 Å². The number of carbonyl (C=O) groups excluding carboxylic acids is 2. The second kappa shape index (κ2) is 8.96. The number of hydrogen-bond acceptors (Lipinski definition) is 5. The minimum Gasteiger partial charge on any atom is -0.481 e. The van der Waals surface area contributed by atoms with Gasteiger partial charge in [-0.25, -0.2) is 0 Å². The number of nitro groups is 1. The van der Waals surface area contributed by atoms with Crippen molar-refractivity contribution in [1.29, 1.82) is 0 Å². The highest BCUT2D eigenvalue weighted by Crippen LogP contribution is 2.29. The Balaban J connectivity index is 2.16. The van der Waals surface area contributed by atoms with E-state index in [1.807, 2.05) is 0 Å². The lowest BCUT2D eigenvalue weighted by Gasteiger charge is -2.13. The van der Waals surface area contributed by atoms with Crippen molar-refractivity contribution in [1.82, 2.24) is 5.32 Å². The zero-order valence-corrected chi connectivity index (χ0v) is 16.2. The van der Waals surface area contributed by atoms with Gasteiger partial charge < -0.3 is 15.7 Å². The molecule has 0 aliphatic carbocycles. The summed E-state index contributed by atoms with van der Waals surface area (Å²) >= 11 is 0. The van der Waals surface area contributed by atoms with Gasteiger partial charge in [0.2, 0.25) is 0 Å². The molecule has 3 N–H and O–H groups in total. The van der Waals surface area contributed by atoms with Crippen molar-refractivity contribution in [2.24, 2.45) is 0 Å². The van der Waals surface area contributed by atoms with E-state index >= 15 is 0 Å². The Bertz CT molecular complexity index is 983. The maximum absolute atomic E-state index is 12.7. The summed E-state index contributed by atoms with van der Waals surface area (Å²) in [5, 5.41) is 25.0. The van der Waals surface area contributed by atoms with Gasteiger partial charge in [-0.1, -0.05) is 0 Å². The summed E-state index contributed by atoms with van der Waals surface area (Å²) in [6.07, 6.45) is -0.179. The zero-order chi connectivity index (χ0) is 21.7. The van der Waals surface area contributed by atoms with Crippen LogP contribution >= 0.6 is 0 Å². The number of carboxylic acid groups (broad SMARTS) is 1. The van der Waals surface area contributed by atoms with Crippen molar-refractivity contribution in [2.45, 2.75) is 27.2 Å². The summed E-state index contributed by atoms with van der Waals surface area (Å²) in [4.78, 5) is 45.9. The molecule has 0 saturated carbocycles. The third-order valence-electron chi connectivity index (χ3n) is 4.37. The number of carbonyl (C=O) groups is 3. The third-order valence-corrected chi connectivity index (χ3v) is 4.37. The van der Waals surface area contributed by atoms with Gasteiger partial charge in [0.15, 0.2) is 0 Å². The fourth-order valence-corrected chi connectivity index (χ4v) is 3.09. The van der Waals surface area contributed by atoms with E-state index in [-0.39, 0.29) is 24.2 Å². The molecule has 0 saturated heterocycles. The summed E-state index contributed by atoms with van der Waals surface area (Å²) in [5.74, 6) is -1.92. The molecular formula is C20H21N3O6. The largest absolute Gasteiger partial charge is 0.481 e. The van der Waals surface area contributed by atoms with Gasteiger partial charge in [0.1, 0.15) is 0 Å². The van der Waals surface area contributed by atoms with Crippen LogP contribution in [0.15, 0.2) is 30.3 Å². The average molecular weight is 399 g/mol. The standard InChI is InChI=1S/C20H21N3O6/c1-11-10-12(2)18(23(28)29)13(3)17(11)20(27)22-15-6-4-14(5-7-15)19(26)21-9-8-16(24)25/h4-7,10H,8-9H2,1-3H3,(H,21,26)(H,22,27)(H,24,25). The van der Waals surface area contributed by atoms with Gasteiger partial charge in [-0.15, -0.1) is 0 Å². The van der Waals surface area contributed by atoms with Gasteiger partial charge in [-0.05, 0) is 56.7 Å². The molecule has 9 nitrogen and oxygen atoms in total. The first-order valence-corrected chi connectivity index (χ1v) is 8.78. The highest BCUT2D eigenvalue weighted by atomic mass is 16.6. The molecule has 0 fully saturated rings. The van der Waals surface area contributed by atoms with Crippen molar-refractivity contribution in [3.8, 4) is 0 Å². The molecule has 0 radical (unpaired) electrons. The molecule has 0 atom stereocenters.